The summed E-state index contributed by atoms with van der Waals surface area (Å²) in [5.74, 6) is 0.173. The Morgan fingerprint density at radius 3 is 2.62 bits per heavy atom. The lowest BCUT2D eigenvalue weighted by atomic mass is 9.94. The van der Waals surface area contributed by atoms with Crippen LogP contribution < -0.4 is 10.2 Å². The topological polar surface area (TPSA) is 73.2 Å². The molecular formula is C19H25N3O2. The van der Waals surface area contributed by atoms with Crippen molar-refractivity contribution in [1.82, 2.24) is 5.32 Å². The molecule has 0 aromatic heterocycles. The first-order valence-corrected chi connectivity index (χ1v) is 8.64. The number of nitrogens with one attached hydrogen (secondary N) is 1. The quantitative estimate of drug-likeness (QED) is 0.644. The van der Waals surface area contributed by atoms with Gasteiger partial charge in [-0.15, -0.1) is 0 Å². The van der Waals surface area contributed by atoms with Crippen molar-refractivity contribution < 1.29 is 9.59 Å². The molecule has 0 unspecified atom stereocenters. The fourth-order valence-corrected chi connectivity index (χ4v) is 3.02. The van der Waals surface area contributed by atoms with Crippen molar-refractivity contribution >= 4 is 17.4 Å². The van der Waals surface area contributed by atoms with E-state index in [9.17, 15) is 14.9 Å². The molecule has 1 heterocycles. The fourth-order valence-electron chi connectivity index (χ4n) is 3.02. The van der Waals surface area contributed by atoms with Gasteiger partial charge in [0.2, 0.25) is 5.91 Å². The van der Waals surface area contributed by atoms with Crippen molar-refractivity contribution in [2.24, 2.45) is 5.92 Å². The minimum atomic E-state index is -0.00840. The Morgan fingerprint density at radius 2 is 2.04 bits per heavy atom. The van der Waals surface area contributed by atoms with Gasteiger partial charge in [-0.2, -0.15) is 5.26 Å². The first-order valence-electron chi connectivity index (χ1n) is 8.64. The third kappa shape index (κ3) is 4.35. The van der Waals surface area contributed by atoms with Gasteiger partial charge >= 0.3 is 0 Å². The van der Waals surface area contributed by atoms with Crippen LogP contribution in [0.2, 0.25) is 0 Å². The van der Waals surface area contributed by atoms with E-state index in [1.54, 1.807) is 18.2 Å². The maximum atomic E-state index is 12.2. The number of amides is 1. The van der Waals surface area contributed by atoms with E-state index < -0.39 is 0 Å². The van der Waals surface area contributed by atoms with Gasteiger partial charge in [0.1, 0.15) is 6.07 Å². The number of Topliss-reactive ketones (excluding diaryl/α,β-unsaturated/α-hetero) is 1. The van der Waals surface area contributed by atoms with Gasteiger partial charge in [0.15, 0.2) is 5.78 Å². The predicted octanol–water partition coefficient (Wildman–Crippen LogP) is 2.89. The second kappa shape index (κ2) is 8.49. The van der Waals surface area contributed by atoms with Crippen LogP contribution in [0.15, 0.2) is 18.2 Å². The van der Waals surface area contributed by atoms with Gasteiger partial charge in [0, 0.05) is 31.1 Å². The molecule has 0 atom stereocenters. The molecule has 1 fully saturated rings. The van der Waals surface area contributed by atoms with E-state index in [-0.39, 0.29) is 17.6 Å². The third-order valence-corrected chi connectivity index (χ3v) is 4.56. The number of benzene rings is 1. The first-order chi connectivity index (χ1) is 11.6. The van der Waals surface area contributed by atoms with Crippen LogP contribution in [-0.4, -0.2) is 31.3 Å². The summed E-state index contributed by atoms with van der Waals surface area (Å²) >= 11 is 0. The summed E-state index contributed by atoms with van der Waals surface area (Å²) in [4.78, 5) is 25.9. The second-order valence-electron chi connectivity index (χ2n) is 6.31. The van der Waals surface area contributed by atoms with Gasteiger partial charge in [-0.1, -0.05) is 13.3 Å². The minimum Gasteiger partial charge on any atom is -0.370 e. The number of hydrogen-bond donors (Lipinski definition) is 1. The average Bonchev–Trinajstić information content (AvgIpc) is 2.61. The molecule has 0 aliphatic carbocycles. The number of unbranched alkanes of at least 4 members (excludes halogenated alkanes) is 1. The highest BCUT2D eigenvalue weighted by Crippen LogP contribution is 2.27. The van der Waals surface area contributed by atoms with Gasteiger partial charge in [-0.3, -0.25) is 9.59 Å². The Kier molecular flexibility index (Phi) is 6.36. The number of nitriles is 1. The lowest BCUT2D eigenvalue weighted by molar-refractivity contribution is -0.125. The lowest BCUT2D eigenvalue weighted by Gasteiger charge is -2.33. The molecule has 1 aliphatic heterocycles. The molecule has 128 valence electrons. The van der Waals surface area contributed by atoms with Crippen LogP contribution >= 0.6 is 0 Å². The number of carbonyl (C=O) groups excluding carboxylic acids is 2. The summed E-state index contributed by atoms with van der Waals surface area (Å²) in [6.45, 7) is 5.82. The molecule has 0 bridgehead atoms. The number of hydrogen-bond acceptors (Lipinski definition) is 4. The van der Waals surface area contributed by atoms with Crippen LogP contribution in [0.25, 0.3) is 0 Å². The molecule has 5 heteroatoms. The third-order valence-electron chi connectivity index (χ3n) is 4.56. The molecule has 1 amide bonds. The monoisotopic (exact) mass is 327 g/mol. The summed E-state index contributed by atoms with van der Waals surface area (Å²) in [7, 11) is 0. The van der Waals surface area contributed by atoms with E-state index in [0.717, 1.165) is 51.0 Å². The van der Waals surface area contributed by atoms with Crippen LogP contribution in [0.1, 0.15) is 55.5 Å². The molecule has 1 aromatic rings. The Balaban J connectivity index is 2.02. The highest BCUT2D eigenvalue weighted by molar-refractivity contribution is 5.95. The van der Waals surface area contributed by atoms with Crippen LogP contribution in [-0.2, 0) is 4.79 Å². The number of nitrogens with zero attached hydrogens (tertiary/aromatic N) is 2. The van der Waals surface area contributed by atoms with E-state index in [0.29, 0.717) is 11.1 Å². The van der Waals surface area contributed by atoms with Crippen molar-refractivity contribution in [2.45, 2.75) is 39.5 Å². The number of carbonyl (C=O) groups is 2. The van der Waals surface area contributed by atoms with Crippen molar-refractivity contribution in [3.05, 3.63) is 29.3 Å². The summed E-state index contributed by atoms with van der Waals surface area (Å²) < 4.78 is 0. The van der Waals surface area contributed by atoms with Crippen molar-refractivity contribution in [3.63, 3.8) is 0 Å². The maximum Gasteiger partial charge on any atom is 0.223 e. The Hall–Kier alpha value is -2.35. The molecule has 0 saturated carbocycles. The van der Waals surface area contributed by atoms with Gasteiger partial charge in [0.25, 0.3) is 0 Å². The van der Waals surface area contributed by atoms with Gasteiger partial charge in [-0.25, -0.2) is 0 Å². The zero-order valence-electron chi connectivity index (χ0n) is 14.5. The van der Waals surface area contributed by atoms with Gasteiger partial charge in [0.05, 0.1) is 11.3 Å². The van der Waals surface area contributed by atoms with E-state index in [2.05, 4.69) is 23.2 Å². The highest BCUT2D eigenvalue weighted by atomic mass is 16.1. The molecule has 5 nitrogen and oxygen atoms in total. The van der Waals surface area contributed by atoms with Gasteiger partial charge < -0.3 is 10.2 Å². The summed E-state index contributed by atoms with van der Waals surface area (Å²) in [5, 5.41) is 12.3. The van der Waals surface area contributed by atoms with E-state index in [4.69, 9.17) is 0 Å². The Bertz CT molecular complexity index is 641. The number of anilines is 1. The van der Waals surface area contributed by atoms with Gasteiger partial charge in [-0.05, 0) is 44.4 Å². The van der Waals surface area contributed by atoms with Crippen molar-refractivity contribution in [2.75, 3.05) is 24.5 Å². The standard InChI is InChI=1S/C19H25N3O2/c1-3-4-9-21-19(24)15-7-10-22(11-8-15)18-12-16(14(2)23)5-6-17(18)13-20/h5-6,12,15H,3-4,7-11H2,1-2H3,(H,21,24). The summed E-state index contributed by atoms with van der Waals surface area (Å²) in [6.07, 6.45) is 3.62. The SMILES string of the molecule is CCCCNC(=O)C1CCN(c2cc(C(C)=O)ccc2C#N)CC1. The van der Waals surface area contributed by atoms with E-state index >= 15 is 0 Å². The Labute approximate surface area is 143 Å². The maximum absolute atomic E-state index is 12.2. The van der Waals surface area contributed by atoms with Crippen molar-refractivity contribution in [3.8, 4) is 6.07 Å². The van der Waals surface area contributed by atoms with E-state index in [1.165, 1.54) is 6.92 Å². The minimum absolute atomic E-state index is 0.00840. The molecule has 24 heavy (non-hydrogen) atoms. The Morgan fingerprint density at radius 1 is 1.33 bits per heavy atom. The molecule has 2 rings (SSSR count). The smallest absolute Gasteiger partial charge is 0.223 e. The first kappa shape index (κ1) is 18.0. The molecular weight excluding hydrogens is 302 g/mol. The fraction of sp³-hybridized carbons (Fsp3) is 0.526. The molecule has 0 radical (unpaired) electrons. The molecule has 1 saturated heterocycles. The average molecular weight is 327 g/mol. The molecule has 1 aromatic carbocycles. The lowest BCUT2D eigenvalue weighted by Crippen LogP contribution is -2.41. The number of piperidine rings is 1. The number of rotatable bonds is 6. The second-order valence-corrected chi connectivity index (χ2v) is 6.31. The highest BCUT2D eigenvalue weighted by Gasteiger charge is 2.26. The van der Waals surface area contributed by atoms with Crippen LogP contribution in [0.5, 0.6) is 0 Å². The molecule has 1 aliphatic rings. The van der Waals surface area contributed by atoms with E-state index in [1.807, 2.05) is 0 Å². The van der Waals surface area contributed by atoms with Crippen LogP contribution in [0.3, 0.4) is 0 Å². The number of ketones is 1. The normalized spacial score (nSPS) is 15.0. The molecule has 0 spiro atoms. The summed E-state index contributed by atoms with van der Waals surface area (Å²) in [6, 6.07) is 7.39. The van der Waals surface area contributed by atoms with Crippen LogP contribution in [0, 0.1) is 17.2 Å². The van der Waals surface area contributed by atoms with Crippen LogP contribution in [0.4, 0.5) is 5.69 Å². The summed E-state index contributed by atoms with van der Waals surface area (Å²) in [5.41, 5.74) is 1.99. The largest absolute Gasteiger partial charge is 0.370 e. The zero-order valence-corrected chi connectivity index (χ0v) is 14.5. The zero-order chi connectivity index (χ0) is 17.5. The predicted molar refractivity (Wildman–Crippen MR) is 94.0 cm³/mol. The molecule has 1 N–H and O–H groups in total. The van der Waals surface area contributed by atoms with Crippen molar-refractivity contribution in [1.29, 1.82) is 5.26 Å².